The molecule has 0 aromatic heterocycles. The van der Waals surface area contributed by atoms with Crippen LogP contribution in [0.1, 0.15) is 51.9 Å². The highest BCUT2D eigenvalue weighted by Gasteiger charge is 2.27. The highest BCUT2D eigenvalue weighted by atomic mass is 16.3. The minimum absolute atomic E-state index is 0.374. The summed E-state index contributed by atoms with van der Waals surface area (Å²) in [5.74, 6) is 2.35. The summed E-state index contributed by atoms with van der Waals surface area (Å²) in [4.78, 5) is 0. The van der Waals surface area contributed by atoms with Crippen LogP contribution in [0, 0.1) is 17.8 Å². The van der Waals surface area contributed by atoms with E-state index in [-0.39, 0.29) is 0 Å². The van der Waals surface area contributed by atoms with Gasteiger partial charge in [-0.1, -0.05) is 26.2 Å². The van der Waals surface area contributed by atoms with Gasteiger partial charge in [0, 0.05) is 12.6 Å². The second-order valence-electron chi connectivity index (χ2n) is 6.03. The molecular weight excluding hydrogens is 198 g/mol. The van der Waals surface area contributed by atoms with Crippen molar-refractivity contribution in [3.05, 3.63) is 0 Å². The van der Waals surface area contributed by atoms with Gasteiger partial charge in [-0.05, 0) is 50.0 Å². The summed E-state index contributed by atoms with van der Waals surface area (Å²) < 4.78 is 0. The Labute approximate surface area is 99.8 Å². The normalized spacial score (nSPS) is 40.1. The lowest BCUT2D eigenvalue weighted by atomic mass is 9.82. The van der Waals surface area contributed by atoms with Crippen molar-refractivity contribution in [2.45, 2.75) is 57.9 Å². The van der Waals surface area contributed by atoms with Gasteiger partial charge >= 0.3 is 0 Å². The third-order valence-electron chi connectivity index (χ3n) is 4.61. The minimum Gasteiger partial charge on any atom is -0.396 e. The molecule has 16 heavy (non-hydrogen) atoms. The van der Waals surface area contributed by atoms with Crippen LogP contribution >= 0.6 is 0 Å². The quantitative estimate of drug-likeness (QED) is 0.770. The first-order valence-corrected chi connectivity index (χ1v) is 7.14. The van der Waals surface area contributed by atoms with Crippen LogP contribution in [0.4, 0.5) is 0 Å². The molecule has 4 atom stereocenters. The average Bonchev–Trinajstić information content (AvgIpc) is 2.74. The number of nitrogens with one attached hydrogen (secondary N) is 1. The molecule has 2 nitrogen and oxygen atoms in total. The molecule has 0 saturated heterocycles. The van der Waals surface area contributed by atoms with E-state index in [0.29, 0.717) is 18.6 Å². The van der Waals surface area contributed by atoms with Crippen LogP contribution < -0.4 is 5.32 Å². The van der Waals surface area contributed by atoms with Crippen LogP contribution in [0.5, 0.6) is 0 Å². The number of aliphatic hydroxyl groups is 1. The van der Waals surface area contributed by atoms with Crippen LogP contribution in [0.25, 0.3) is 0 Å². The Balaban J connectivity index is 1.70. The summed E-state index contributed by atoms with van der Waals surface area (Å²) >= 11 is 0. The predicted molar refractivity (Wildman–Crippen MR) is 67.3 cm³/mol. The summed E-state index contributed by atoms with van der Waals surface area (Å²) in [6.07, 6.45) is 9.45. The first-order chi connectivity index (χ1) is 7.79. The van der Waals surface area contributed by atoms with E-state index in [2.05, 4.69) is 12.2 Å². The molecule has 2 saturated carbocycles. The van der Waals surface area contributed by atoms with Gasteiger partial charge in [-0.2, -0.15) is 0 Å². The van der Waals surface area contributed by atoms with E-state index < -0.39 is 0 Å². The van der Waals surface area contributed by atoms with Crippen LogP contribution in [-0.4, -0.2) is 24.3 Å². The molecule has 0 aromatic rings. The van der Waals surface area contributed by atoms with Gasteiger partial charge in [0.15, 0.2) is 0 Å². The Morgan fingerprint density at radius 1 is 1.12 bits per heavy atom. The van der Waals surface area contributed by atoms with Crippen LogP contribution in [0.15, 0.2) is 0 Å². The van der Waals surface area contributed by atoms with Crippen molar-refractivity contribution in [3.63, 3.8) is 0 Å². The summed E-state index contributed by atoms with van der Waals surface area (Å²) in [5.41, 5.74) is 0. The number of hydrogen-bond donors (Lipinski definition) is 2. The number of hydrogen-bond acceptors (Lipinski definition) is 2. The third-order valence-corrected chi connectivity index (χ3v) is 4.61. The van der Waals surface area contributed by atoms with Crippen molar-refractivity contribution in [1.82, 2.24) is 5.32 Å². The van der Waals surface area contributed by atoms with Crippen LogP contribution in [-0.2, 0) is 0 Å². The molecule has 2 heteroatoms. The molecule has 2 N–H and O–H groups in total. The highest BCUT2D eigenvalue weighted by Crippen LogP contribution is 2.29. The average molecular weight is 225 g/mol. The molecule has 0 heterocycles. The Morgan fingerprint density at radius 3 is 2.69 bits per heavy atom. The molecule has 2 aliphatic rings. The van der Waals surface area contributed by atoms with Crippen molar-refractivity contribution in [3.8, 4) is 0 Å². The lowest BCUT2D eigenvalue weighted by Crippen LogP contribution is -2.38. The second-order valence-corrected chi connectivity index (χ2v) is 6.03. The fraction of sp³-hybridized carbons (Fsp3) is 1.00. The van der Waals surface area contributed by atoms with E-state index in [1.54, 1.807) is 0 Å². The Bertz CT molecular complexity index is 207. The Hall–Kier alpha value is -0.0800. The molecule has 0 spiro atoms. The van der Waals surface area contributed by atoms with Crippen molar-refractivity contribution in [2.24, 2.45) is 17.8 Å². The van der Waals surface area contributed by atoms with Gasteiger partial charge in [-0.25, -0.2) is 0 Å². The summed E-state index contributed by atoms with van der Waals surface area (Å²) in [6.45, 7) is 3.95. The second kappa shape index (κ2) is 6.02. The highest BCUT2D eigenvalue weighted by molar-refractivity contribution is 4.84. The van der Waals surface area contributed by atoms with Crippen LogP contribution in [0.2, 0.25) is 0 Å². The maximum atomic E-state index is 9.28. The smallest absolute Gasteiger partial charge is 0.0474 e. The molecule has 2 rings (SSSR count). The van der Waals surface area contributed by atoms with E-state index in [1.807, 2.05) is 0 Å². The summed E-state index contributed by atoms with van der Waals surface area (Å²) in [7, 11) is 0. The van der Waals surface area contributed by atoms with Crippen molar-refractivity contribution in [1.29, 1.82) is 0 Å². The van der Waals surface area contributed by atoms with E-state index >= 15 is 0 Å². The van der Waals surface area contributed by atoms with Gasteiger partial charge in [-0.15, -0.1) is 0 Å². The topological polar surface area (TPSA) is 32.3 Å². The van der Waals surface area contributed by atoms with Crippen LogP contribution in [0.3, 0.4) is 0 Å². The molecular formula is C14H27NO. The van der Waals surface area contributed by atoms with E-state index in [0.717, 1.165) is 11.8 Å². The van der Waals surface area contributed by atoms with Crippen molar-refractivity contribution in [2.75, 3.05) is 13.2 Å². The van der Waals surface area contributed by atoms with E-state index in [4.69, 9.17) is 0 Å². The lowest BCUT2D eigenvalue weighted by Gasteiger charge is -2.29. The standard InChI is InChI=1S/C14H27NO/c1-11-4-2-5-12(8-11)9-15-14-7-3-6-13(14)10-16/h11-16H,2-10H2,1H3. The largest absolute Gasteiger partial charge is 0.396 e. The molecule has 0 radical (unpaired) electrons. The zero-order chi connectivity index (χ0) is 11.4. The van der Waals surface area contributed by atoms with Gasteiger partial charge in [-0.3, -0.25) is 0 Å². The lowest BCUT2D eigenvalue weighted by molar-refractivity contribution is 0.195. The fourth-order valence-electron chi connectivity index (χ4n) is 3.59. The first-order valence-electron chi connectivity index (χ1n) is 7.14. The molecule has 0 amide bonds. The molecule has 2 fully saturated rings. The summed E-state index contributed by atoms with van der Waals surface area (Å²) in [5, 5.41) is 13.0. The van der Waals surface area contributed by atoms with Gasteiger partial charge in [0.05, 0.1) is 0 Å². The fourth-order valence-corrected chi connectivity index (χ4v) is 3.59. The predicted octanol–water partition coefficient (Wildman–Crippen LogP) is 2.56. The molecule has 2 aliphatic carbocycles. The Morgan fingerprint density at radius 2 is 1.94 bits per heavy atom. The third kappa shape index (κ3) is 3.21. The zero-order valence-corrected chi connectivity index (χ0v) is 10.6. The first kappa shape index (κ1) is 12.4. The van der Waals surface area contributed by atoms with Gasteiger partial charge in [0.1, 0.15) is 0 Å². The number of rotatable bonds is 4. The maximum absolute atomic E-state index is 9.28. The molecule has 4 unspecified atom stereocenters. The van der Waals surface area contributed by atoms with Gasteiger partial charge < -0.3 is 10.4 Å². The summed E-state index contributed by atoms with van der Waals surface area (Å²) in [6, 6.07) is 0.599. The molecule has 0 aliphatic heterocycles. The number of aliphatic hydroxyl groups excluding tert-OH is 1. The van der Waals surface area contributed by atoms with Crippen molar-refractivity contribution < 1.29 is 5.11 Å². The van der Waals surface area contributed by atoms with E-state index in [1.165, 1.54) is 51.5 Å². The maximum Gasteiger partial charge on any atom is 0.0474 e. The van der Waals surface area contributed by atoms with Gasteiger partial charge in [0.25, 0.3) is 0 Å². The Kier molecular flexibility index (Phi) is 4.66. The monoisotopic (exact) mass is 225 g/mol. The van der Waals surface area contributed by atoms with Crippen molar-refractivity contribution >= 4 is 0 Å². The molecule has 0 bridgehead atoms. The molecule has 94 valence electrons. The molecule has 0 aromatic carbocycles. The SMILES string of the molecule is CC1CCCC(CNC2CCCC2CO)C1. The van der Waals surface area contributed by atoms with Gasteiger partial charge in [0.2, 0.25) is 0 Å². The minimum atomic E-state index is 0.374. The zero-order valence-electron chi connectivity index (χ0n) is 10.6. The van der Waals surface area contributed by atoms with E-state index in [9.17, 15) is 5.11 Å².